The van der Waals surface area contributed by atoms with E-state index in [1.54, 1.807) is 19.1 Å². The summed E-state index contributed by atoms with van der Waals surface area (Å²) in [6.45, 7) is 2.03. The minimum atomic E-state index is -0.726. The molecule has 2 unspecified atom stereocenters. The summed E-state index contributed by atoms with van der Waals surface area (Å²) in [4.78, 5) is 28.9. The van der Waals surface area contributed by atoms with Crippen LogP contribution in [0.5, 0.6) is 0 Å². The van der Waals surface area contributed by atoms with Gasteiger partial charge in [0.15, 0.2) is 5.76 Å². The zero-order valence-electron chi connectivity index (χ0n) is 19.9. The third kappa shape index (κ3) is 4.79. The Morgan fingerprint density at radius 2 is 1.56 bits per heavy atom. The molecule has 6 nitrogen and oxygen atoms in total. The van der Waals surface area contributed by atoms with Crippen molar-refractivity contribution in [3.63, 3.8) is 0 Å². The molecule has 6 heteroatoms. The van der Waals surface area contributed by atoms with Crippen molar-refractivity contribution in [1.29, 1.82) is 0 Å². The number of benzene rings is 3. The number of amides is 2. The summed E-state index contributed by atoms with van der Waals surface area (Å²) in [5.41, 5.74) is 5.36. The Kier molecular flexibility index (Phi) is 6.67. The number of carbonyl (C=O) groups excluding carboxylic acids is 2. The molecule has 0 saturated carbocycles. The van der Waals surface area contributed by atoms with Gasteiger partial charge in [0, 0.05) is 23.4 Å². The Bertz CT molecular complexity index is 1460. The average Bonchev–Trinajstić information content (AvgIpc) is 3.59. The highest BCUT2D eigenvalue weighted by Crippen LogP contribution is 2.38. The van der Waals surface area contributed by atoms with Gasteiger partial charge in [-0.1, -0.05) is 78.9 Å². The topological polar surface area (TPSA) is 87.1 Å². The molecule has 2 atom stereocenters. The molecule has 0 saturated heterocycles. The molecule has 3 aromatic carbocycles. The second-order valence-electron chi connectivity index (χ2n) is 8.71. The predicted octanol–water partition coefficient (Wildman–Crippen LogP) is 5.49. The number of aromatic amines is 1. The van der Waals surface area contributed by atoms with Gasteiger partial charge in [-0.05, 0) is 41.8 Å². The minimum absolute atomic E-state index is 0.116. The molecule has 180 valence electrons. The van der Waals surface area contributed by atoms with E-state index in [9.17, 15) is 9.59 Å². The van der Waals surface area contributed by atoms with Crippen molar-refractivity contribution in [2.45, 2.75) is 18.9 Å². The number of carbonyl (C=O) groups is 2. The second-order valence-corrected chi connectivity index (χ2v) is 8.71. The molecule has 3 N–H and O–H groups in total. The van der Waals surface area contributed by atoms with Gasteiger partial charge in [-0.3, -0.25) is 9.59 Å². The van der Waals surface area contributed by atoms with E-state index in [0.29, 0.717) is 6.54 Å². The molecule has 36 heavy (non-hydrogen) atoms. The van der Waals surface area contributed by atoms with Crippen molar-refractivity contribution in [1.82, 2.24) is 15.6 Å². The molecule has 0 radical (unpaired) electrons. The number of hydrogen-bond donors (Lipinski definition) is 3. The van der Waals surface area contributed by atoms with Crippen LogP contribution in [-0.2, 0) is 4.79 Å². The van der Waals surface area contributed by atoms with Crippen LogP contribution in [0.25, 0.3) is 22.2 Å². The standard InChI is InChI=1S/C30H27N3O3/c1-20(32-30(35)26-17-10-18-36-26)29(34)31-19-24(21-11-4-2-5-12-21)27-23-15-8-9-16-25(23)33-28(27)22-13-6-3-7-14-22/h2-18,20,24,33H,19H2,1H3,(H,31,34)(H,32,35). The molecule has 0 bridgehead atoms. The van der Waals surface area contributed by atoms with Gasteiger partial charge >= 0.3 is 0 Å². The fourth-order valence-corrected chi connectivity index (χ4v) is 4.53. The van der Waals surface area contributed by atoms with Crippen LogP contribution < -0.4 is 10.6 Å². The highest BCUT2D eigenvalue weighted by Gasteiger charge is 2.25. The van der Waals surface area contributed by atoms with Gasteiger partial charge < -0.3 is 20.0 Å². The quantitative estimate of drug-likeness (QED) is 0.276. The zero-order valence-corrected chi connectivity index (χ0v) is 19.9. The molecule has 5 rings (SSSR count). The van der Waals surface area contributed by atoms with Gasteiger partial charge in [-0.2, -0.15) is 0 Å². The first-order valence-electron chi connectivity index (χ1n) is 11.9. The van der Waals surface area contributed by atoms with Crippen LogP contribution in [-0.4, -0.2) is 29.4 Å². The zero-order chi connectivity index (χ0) is 24.9. The van der Waals surface area contributed by atoms with E-state index >= 15 is 0 Å². The van der Waals surface area contributed by atoms with Gasteiger partial charge in [0.05, 0.1) is 12.0 Å². The highest BCUT2D eigenvalue weighted by atomic mass is 16.3. The summed E-state index contributed by atoms with van der Waals surface area (Å²) in [5, 5.41) is 6.87. The number of fused-ring (bicyclic) bond motifs is 1. The fourth-order valence-electron chi connectivity index (χ4n) is 4.53. The summed E-state index contributed by atoms with van der Waals surface area (Å²) in [6.07, 6.45) is 1.43. The third-order valence-corrected chi connectivity index (χ3v) is 6.33. The Labute approximate surface area is 209 Å². The van der Waals surface area contributed by atoms with Crippen molar-refractivity contribution in [3.8, 4) is 11.3 Å². The second kappa shape index (κ2) is 10.4. The summed E-state index contributed by atoms with van der Waals surface area (Å²) in [6, 6.07) is 31.1. The van der Waals surface area contributed by atoms with Crippen LogP contribution >= 0.6 is 0 Å². The molecule has 0 aliphatic carbocycles. The van der Waals surface area contributed by atoms with Crippen LogP contribution in [0.4, 0.5) is 0 Å². The first kappa shape index (κ1) is 23.2. The van der Waals surface area contributed by atoms with Crippen molar-refractivity contribution >= 4 is 22.7 Å². The molecule has 2 aromatic heterocycles. The molecule has 5 aromatic rings. The van der Waals surface area contributed by atoms with Gasteiger partial charge in [-0.25, -0.2) is 0 Å². The van der Waals surface area contributed by atoms with E-state index in [0.717, 1.165) is 33.3 Å². The number of H-pyrrole nitrogens is 1. The SMILES string of the molecule is CC(NC(=O)c1ccco1)C(=O)NCC(c1ccccc1)c1c(-c2ccccc2)[nH]c2ccccc12. The maximum Gasteiger partial charge on any atom is 0.287 e. The van der Waals surface area contributed by atoms with Crippen LogP contribution in [0, 0.1) is 0 Å². The average molecular weight is 478 g/mol. The smallest absolute Gasteiger partial charge is 0.287 e. The lowest BCUT2D eigenvalue weighted by Gasteiger charge is -2.22. The molecular formula is C30H27N3O3. The van der Waals surface area contributed by atoms with Crippen LogP contribution in [0.15, 0.2) is 108 Å². The van der Waals surface area contributed by atoms with E-state index in [1.165, 1.54) is 6.26 Å². The van der Waals surface area contributed by atoms with E-state index in [-0.39, 0.29) is 17.6 Å². The van der Waals surface area contributed by atoms with Gasteiger partial charge in [0.2, 0.25) is 5.91 Å². The van der Waals surface area contributed by atoms with Crippen molar-refractivity contribution in [2.24, 2.45) is 0 Å². The van der Waals surface area contributed by atoms with Gasteiger partial charge in [0.1, 0.15) is 6.04 Å². The van der Waals surface area contributed by atoms with Crippen LogP contribution in [0.3, 0.4) is 0 Å². The van der Waals surface area contributed by atoms with Crippen molar-refractivity contribution in [2.75, 3.05) is 6.54 Å². The lowest BCUT2D eigenvalue weighted by atomic mass is 9.87. The molecule has 2 heterocycles. The number of hydrogen-bond acceptors (Lipinski definition) is 3. The van der Waals surface area contributed by atoms with Crippen molar-refractivity contribution in [3.05, 3.63) is 120 Å². The van der Waals surface area contributed by atoms with E-state index < -0.39 is 11.9 Å². The van der Waals surface area contributed by atoms with E-state index in [2.05, 4.69) is 52.0 Å². The Morgan fingerprint density at radius 3 is 2.28 bits per heavy atom. The maximum absolute atomic E-state index is 13.0. The molecule has 0 spiro atoms. The summed E-state index contributed by atoms with van der Waals surface area (Å²) < 4.78 is 5.13. The number of para-hydroxylation sites is 1. The number of rotatable bonds is 8. The molecule has 0 aliphatic heterocycles. The Morgan fingerprint density at radius 1 is 0.861 bits per heavy atom. The third-order valence-electron chi connectivity index (χ3n) is 6.33. The minimum Gasteiger partial charge on any atom is -0.459 e. The largest absolute Gasteiger partial charge is 0.459 e. The summed E-state index contributed by atoms with van der Waals surface area (Å²) in [5.74, 6) is -0.639. The Hall–Kier alpha value is -4.58. The molecular weight excluding hydrogens is 450 g/mol. The van der Waals surface area contributed by atoms with Crippen LogP contribution in [0.1, 0.15) is 34.5 Å². The van der Waals surface area contributed by atoms with E-state index in [4.69, 9.17) is 4.42 Å². The first-order valence-corrected chi connectivity index (χ1v) is 11.9. The predicted molar refractivity (Wildman–Crippen MR) is 141 cm³/mol. The first-order chi connectivity index (χ1) is 17.6. The normalized spacial score (nSPS) is 12.7. The summed E-state index contributed by atoms with van der Waals surface area (Å²) in [7, 11) is 0. The lowest BCUT2D eigenvalue weighted by molar-refractivity contribution is -0.122. The summed E-state index contributed by atoms with van der Waals surface area (Å²) >= 11 is 0. The maximum atomic E-state index is 13.0. The molecule has 2 amide bonds. The van der Waals surface area contributed by atoms with E-state index in [1.807, 2.05) is 48.5 Å². The fraction of sp³-hybridized carbons (Fsp3) is 0.133. The van der Waals surface area contributed by atoms with Crippen molar-refractivity contribution < 1.29 is 14.0 Å². The number of furan rings is 1. The lowest BCUT2D eigenvalue weighted by Crippen LogP contribution is -2.45. The number of aromatic nitrogens is 1. The van der Waals surface area contributed by atoms with Gasteiger partial charge in [-0.15, -0.1) is 0 Å². The Balaban J connectivity index is 1.47. The van der Waals surface area contributed by atoms with Crippen LogP contribution in [0.2, 0.25) is 0 Å². The van der Waals surface area contributed by atoms with Gasteiger partial charge in [0.25, 0.3) is 5.91 Å². The monoisotopic (exact) mass is 477 g/mol. The number of nitrogens with one attached hydrogen (secondary N) is 3. The molecule has 0 aliphatic rings. The molecule has 0 fully saturated rings. The highest BCUT2D eigenvalue weighted by molar-refractivity contribution is 5.95.